The predicted molar refractivity (Wildman–Crippen MR) is 88.6 cm³/mol. The molecule has 5 nitrogen and oxygen atoms in total. The number of carbonyl (C=O) groups is 1. The van der Waals surface area contributed by atoms with Crippen LogP contribution >= 0.6 is 11.8 Å². The number of hydrogen-bond acceptors (Lipinski definition) is 4. The third-order valence-corrected chi connectivity index (χ3v) is 4.38. The fourth-order valence-electron chi connectivity index (χ4n) is 2.22. The first-order valence-corrected chi connectivity index (χ1v) is 8.25. The number of aryl methyl sites for hydroxylation is 2. The van der Waals surface area contributed by atoms with Crippen LogP contribution in [0.25, 0.3) is 0 Å². The van der Waals surface area contributed by atoms with Gasteiger partial charge in [-0.15, -0.1) is 11.8 Å². The Labute approximate surface area is 139 Å². The van der Waals surface area contributed by atoms with Crippen molar-refractivity contribution in [2.45, 2.75) is 18.2 Å². The smallest absolute Gasteiger partial charge is 0.258 e. The summed E-state index contributed by atoms with van der Waals surface area (Å²) in [4.78, 5) is 13.3. The van der Waals surface area contributed by atoms with Crippen LogP contribution in [0.4, 0.5) is 4.39 Å². The molecule has 7 heteroatoms. The highest BCUT2D eigenvalue weighted by Gasteiger charge is 2.20. The Morgan fingerprint density at radius 1 is 1.39 bits per heavy atom. The van der Waals surface area contributed by atoms with Crippen molar-refractivity contribution in [3.63, 3.8) is 0 Å². The van der Waals surface area contributed by atoms with Crippen LogP contribution in [0.2, 0.25) is 0 Å². The van der Waals surface area contributed by atoms with Gasteiger partial charge in [0.2, 0.25) is 5.88 Å². The normalized spacial score (nSPS) is 10.6. The number of aromatic nitrogens is 2. The number of benzene rings is 1. The minimum absolute atomic E-state index is 0.181. The van der Waals surface area contributed by atoms with Crippen LogP contribution in [0.15, 0.2) is 29.2 Å². The summed E-state index contributed by atoms with van der Waals surface area (Å²) in [7, 11) is 3.26. The van der Waals surface area contributed by atoms with E-state index in [9.17, 15) is 9.18 Å². The monoisotopic (exact) mass is 337 g/mol. The Hall–Kier alpha value is -2.02. The van der Waals surface area contributed by atoms with Gasteiger partial charge >= 0.3 is 0 Å². The molecule has 0 spiro atoms. The SMILES string of the molecule is COc1c(C(=O)NCCCSc2ccc(F)cc2)c(C)nn1C. The number of nitrogens with zero attached hydrogens (tertiary/aromatic N) is 2. The second-order valence-corrected chi connectivity index (χ2v) is 6.17. The first-order valence-electron chi connectivity index (χ1n) is 7.27. The van der Waals surface area contributed by atoms with E-state index >= 15 is 0 Å². The van der Waals surface area contributed by atoms with Crippen LogP contribution in [0.5, 0.6) is 5.88 Å². The third-order valence-electron chi connectivity index (χ3n) is 3.28. The van der Waals surface area contributed by atoms with Crippen LogP contribution in [0, 0.1) is 12.7 Å². The molecule has 2 aromatic rings. The van der Waals surface area contributed by atoms with Gasteiger partial charge in [0.15, 0.2) is 0 Å². The molecule has 0 bridgehead atoms. The predicted octanol–water partition coefficient (Wildman–Crippen LogP) is 2.79. The molecule has 0 unspecified atom stereocenters. The number of halogens is 1. The van der Waals surface area contributed by atoms with Crippen LogP contribution in [0.3, 0.4) is 0 Å². The maximum atomic E-state index is 12.8. The molecular formula is C16H20FN3O2S. The van der Waals surface area contributed by atoms with E-state index in [1.54, 1.807) is 42.5 Å². The number of ether oxygens (including phenoxy) is 1. The molecule has 0 saturated carbocycles. The molecule has 0 aliphatic carbocycles. The second kappa shape index (κ2) is 8.01. The minimum atomic E-state index is -0.234. The summed E-state index contributed by atoms with van der Waals surface area (Å²) >= 11 is 1.63. The number of rotatable bonds is 7. The summed E-state index contributed by atoms with van der Waals surface area (Å²) in [6, 6.07) is 6.40. The van der Waals surface area contributed by atoms with E-state index in [1.807, 2.05) is 0 Å². The van der Waals surface area contributed by atoms with Gasteiger partial charge in [-0.1, -0.05) is 0 Å². The molecule has 23 heavy (non-hydrogen) atoms. The Balaban J connectivity index is 1.78. The summed E-state index contributed by atoms with van der Waals surface area (Å²) in [5, 5.41) is 7.07. The van der Waals surface area contributed by atoms with Crippen LogP contribution < -0.4 is 10.1 Å². The molecule has 1 aromatic carbocycles. The second-order valence-electron chi connectivity index (χ2n) is 5.01. The Bertz CT molecular complexity index is 671. The van der Waals surface area contributed by atoms with Crippen molar-refractivity contribution in [2.75, 3.05) is 19.4 Å². The number of carbonyl (C=O) groups excluding carboxylic acids is 1. The third kappa shape index (κ3) is 4.48. The van der Waals surface area contributed by atoms with Gasteiger partial charge in [0.25, 0.3) is 5.91 Å². The number of methoxy groups -OCH3 is 1. The van der Waals surface area contributed by atoms with E-state index in [2.05, 4.69) is 10.4 Å². The molecule has 0 atom stereocenters. The molecule has 0 saturated heterocycles. The largest absolute Gasteiger partial charge is 0.481 e. The molecule has 0 aliphatic rings. The lowest BCUT2D eigenvalue weighted by Gasteiger charge is -2.07. The summed E-state index contributed by atoms with van der Waals surface area (Å²) in [6.45, 7) is 2.34. The van der Waals surface area contributed by atoms with Crippen molar-refractivity contribution in [1.29, 1.82) is 0 Å². The lowest BCUT2D eigenvalue weighted by atomic mass is 10.2. The number of thioether (sulfide) groups is 1. The van der Waals surface area contributed by atoms with Gasteiger partial charge in [0.05, 0.1) is 12.8 Å². The van der Waals surface area contributed by atoms with Gasteiger partial charge in [-0.05, 0) is 43.4 Å². The van der Waals surface area contributed by atoms with Gasteiger partial charge in [-0.3, -0.25) is 4.79 Å². The summed E-state index contributed by atoms with van der Waals surface area (Å²) in [6.07, 6.45) is 0.815. The van der Waals surface area contributed by atoms with E-state index in [4.69, 9.17) is 4.74 Å². The fourth-order valence-corrected chi connectivity index (χ4v) is 3.07. The van der Waals surface area contributed by atoms with Crippen molar-refractivity contribution >= 4 is 17.7 Å². The number of amides is 1. The van der Waals surface area contributed by atoms with Gasteiger partial charge < -0.3 is 10.1 Å². The summed E-state index contributed by atoms with van der Waals surface area (Å²) in [5.74, 6) is 0.886. The number of hydrogen-bond donors (Lipinski definition) is 1. The average Bonchev–Trinajstić information content (AvgIpc) is 2.82. The van der Waals surface area contributed by atoms with E-state index < -0.39 is 0 Å². The van der Waals surface area contributed by atoms with Crippen molar-refractivity contribution in [3.8, 4) is 5.88 Å². The van der Waals surface area contributed by atoms with Crippen molar-refractivity contribution < 1.29 is 13.9 Å². The zero-order chi connectivity index (χ0) is 16.8. The minimum Gasteiger partial charge on any atom is -0.481 e. The molecule has 0 radical (unpaired) electrons. The zero-order valence-corrected chi connectivity index (χ0v) is 14.2. The highest BCUT2D eigenvalue weighted by molar-refractivity contribution is 7.99. The summed E-state index contributed by atoms with van der Waals surface area (Å²) in [5.41, 5.74) is 1.11. The van der Waals surface area contributed by atoms with Gasteiger partial charge in [-0.25, -0.2) is 9.07 Å². The maximum absolute atomic E-state index is 12.8. The molecule has 1 aromatic heterocycles. The van der Waals surface area contributed by atoms with Crippen LogP contribution in [-0.2, 0) is 7.05 Å². The first kappa shape index (κ1) is 17.3. The Morgan fingerprint density at radius 2 is 2.09 bits per heavy atom. The quantitative estimate of drug-likeness (QED) is 0.623. The first-order chi connectivity index (χ1) is 11.0. The zero-order valence-electron chi connectivity index (χ0n) is 13.4. The molecule has 1 N–H and O–H groups in total. The lowest BCUT2D eigenvalue weighted by molar-refractivity contribution is 0.0950. The van der Waals surface area contributed by atoms with E-state index in [-0.39, 0.29) is 11.7 Å². The van der Waals surface area contributed by atoms with E-state index in [0.29, 0.717) is 23.7 Å². The van der Waals surface area contributed by atoms with E-state index in [1.165, 1.54) is 19.2 Å². The molecule has 0 aliphatic heterocycles. The van der Waals surface area contributed by atoms with Crippen LogP contribution in [-0.4, -0.2) is 35.1 Å². The number of nitrogens with one attached hydrogen (secondary N) is 1. The maximum Gasteiger partial charge on any atom is 0.258 e. The van der Waals surface area contributed by atoms with Crippen LogP contribution in [0.1, 0.15) is 22.5 Å². The molecule has 2 rings (SSSR count). The lowest BCUT2D eigenvalue weighted by Crippen LogP contribution is -2.25. The van der Waals surface area contributed by atoms with Crippen molar-refractivity contribution in [2.24, 2.45) is 7.05 Å². The topological polar surface area (TPSA) is 56.1 Å². The molecule has 124 valence electrons. The van der Waals surface area contributed by atoms with E-state index in [0.717, 1.165) is 17.1 Å². The molecule has 1 heterocycles. The standard InChI is InChI=1S/C16H20FN3O2S/c1-11-14(16(22-3)20(2)19-11)15(21)18-9-4-10-23-13-7-5-12(17)6-8-13/h5-8H,4,9-10H2,1-3H3,(H,18,21). The highest BCUT2D eigenvalue weighted by atomic mass is 32.2. The molecular weight excluding hydrogens is 317 g/mol. The average molecular weight is 337 g/mol. The van der Waals surface area contributed by atoms with Gasteiger partial charge in [0.1, 0.15) is 11.4 Å². The molecule has 0 fully saturated rings. The highest BCUT2D eigenvalue weighted by Crippen LogP contribution is 2.21. The van der Waals surface area contributed by atoms with Gasteiger partial charge in [-0.2, -0.15) is 5.10 Å². The Morgan fingerprint density at radius 3 is 2.74 bits per heavy atom. The Kier molecular flexibility index (Phi) is 6.04. The van der Waals surface area contributed by atoms with Gasteiger partial charge in [0, 0.05) is 18.5 Å². The van der Waals surface area contributed by atoms with Crippen molar-refractivity contribution in [3.05, 3.63) is 41.3 Å². The summed E-state index contributed by atoms with van der Waals surface area (Å²) < 4.78 is 19.6. The fraction of sp³-hybridized carbons (Fsp3) is 0.375. The molecule has 1 amide bonds. The van der Waals surface area contributed by atoms with Crippen molar-refractivity contribution in [1.82, 2.24) is 15.1 Å².